The molecule has 0 spiro atoms. The zero-order valence-corrected chi connectivity index (χ0v) is 15.1. The van der Waals surface area contributed by atoms with Crippen LogP contribution in [0.2, 0.25) is 0 Å². The van der Waals surface area contributed by atoms with Gasteiger partial charge in [0.25, 0.3) is 0 Å². The second-order valence-electron chi connectivity index (χ2n) is 7.43. The van der Waals surface area contributed by atoms with Gasteiger partial charge in [-0.15, -0.1) is 0 Å². The standard InChI is InChI=1S/C22H25NO3/c1-15-10-11-16(13-24)12-23(15)22(25)26-14-21-19-8-4-2-6-17(19)18-7-3-5-9-20(18)21/h2-9,15-16,21,24H,10-14H2,1H3. The summed E-state index contributed by atoms with van der Waals surface area (Å²) in [6.45, 7) is 3.10. The first-order valence-corrected chi connectivity index (χ1v) is 9.41. The summed E-state index contributed by atoms with van der Waals surface area (Å²) in [4.78, 5) is 14.4. The summed E-state index contributed by atoms with van der Waals surface area (Å²) in [7, 11) is 0. The second-order valence-corrected chi connectivity index (χ2v) is 7.43. The highest BCUT2D eigenvalue weighted by molar-refractivity contribution is 5.79. The van der Waals surface area contributed by atoms with Gasteiger partial charge in [-0.3, -0.25) is 0 Å². The number of carbonyl (C=O) groups excluding carboxylic acids is 1. The quantitative estimate of drug-likeness (QED) is 0.908. The molecule has 1 N–H and O–H groups in total. The number of hydrogen-bond acceptors (Lipinski definition) is 3. The SMILES string of the molecule is CC1CCC(CO)CN1C(=O)OCC1c2ccccc2-c2ccccc21. The number of aliphatic hydroxyl groups excluding tert-OH is 1. The summed E-state index contributed by atoms with van der Waals surface area (Å²) >= 11 is 0. The number of hydrogen-bond donors (Lipinski definition) is 1. The number of amides is 1. The normalized spacial score (nSPS) is 22.0. The van der Waals surface area contributed by atoms with Gasteiger partial charge in [-0.1, -0.05) is 48.5 Å². The molecule has 2 aromatic rings. The number of rotatable bonds is 3. The maximum atomic E-state index is 12.7. The fourth-order valence-corrected chi connectivity index (χ4v) is 4.26. The number of ether oxygens (including phenoxy) is 1. The van der Waals surface area contributed by atoms with E-state index in [9.17, 15) is 9.90 Å². The first-order valence-electron chi connectivity index (χ1n) is 9.41. The van der Waals surface area contributed by atoms with E-state index in [4.69, 9.17) is 4.74 Å². The number of nitrogens with zero attached hydrogens (tertiary/aromatic N) is 1. The van der Waals surface area contributed by atoms with Gasteiger partial charge >= 0.3 is 6.09 Å². The highest BCUT2D eigenvalue weighted by Gasteiger charge is 2.32. The summed E-state index contributed by atoms with van der Waals surface area (Å²) in [6, 6.07) is 16.9. The molecule has 2 atom stereocenters. The number of piperidine rings is 1. The molecule has 1 heterocycles. The van der Waals surface area contributed by atoms with Gasteiger partial charge in [0, 0.05) is 25.1 Å². The van der Waals surface area contributed by atoms with Crippen molar-refractivity contribution in [3.63, 3.8) is 0 Å². The molecule has 0 saturated carbocycles. The maximum Gasteiger partial charge on any atom is 0.410 e. The van der Waals surface area contributed by atoms with Gasteiger partial charge in [0.15, 0.2) is 0 Å². The fourth-order valence-electron chi connectivity index (χ4n) is 4.26. The van der Waals surface area contributed by atoms with E-state index in [1.54, 1.807) is 4.90 Å². The molecule has 4 rings (SSSR count). The zero-order valence-electron chi connectivity index (χ0n) is 15.1. The largest absolute Gasteiger partial charge is 0.448 e. The van der Waals surface area contributed by atoms with Gasteiger partial charge in [0.2, 0.25) is 0 Å². The van der Waals surface area contributed by atoms with Crippen LogP contribution in [0.3, 0.4) is 0 Å². The van der Waals surface area contributed by atoms with E-state index in [1.807, 2.05) is 12.1 Å². The van der Waals surface area contributed by atoms with Crippen LogP contribution in [0.15, 0.2) is 48.5 Å². The molecule has 1 aliphatic heterocycles. The average molecular weight is 351 g/mol. The Balaban J connectivity index is 1.50. The number of benzene rings is 2. The van der Waals surface area contributed by atoms with Gasteiger partial charge in [0.05, 0.1) is 0 Å². The number of fused-ring (bicyclic) bond motifs is 3. The Morgan fingerprint density at radius 1 is 1.08 bits per heavy atom. The monoisotopic (exact) mass is 351 g/mol. The molecule has 2 aliphatic rings. The lowest BCUT2D eigenvalue weighted by molar-refractivity contribution is 0.0502. The minimum atomic E-state index is -0.266. The van der Waals surface area contributed by atoms with Gasteiger partial charge in [-0.05, 0) is 47.9 Å². The van der Waals surface area contributed by atoms with Gasteiger partial charge < -0.3 is 14.7 Å². The Bertz CT molecular complexity index is 758. The second kappa shape index (κ2) is 7.12. The smallest absolute Gasteiger partial charge is 0.410 e. The van der Waals surface area contributed by atoms with Crippen molar-refractivity contribution in [3.8, 4) is 11.1 Å². The molecule has 26 heavy (non-hydrogen) atoms. The van der Waals surface area contributed by atoms with Crippen molar-refractivity contribution in [1.82, 2.24) is 4.90 Å². The number of aliphatic hydroxyl groups is 1. The minimum absolute atomic E-state index is 0.0834. The molecular weight excluding hydrogens is 326 g/mol. The molecule has 4 nitrogen and oxygen atoms in total. The van der Waals surface area contributed by atoms with E-state index in [2.05, 4.69) is 43.3 Å². The van der Waals surface area contributed by atoms with Crippen molar-refractivity contribution < 1.29 is 14.6 Å². The Kier molecular flexibility index (Phi) is 4.68. The van der Waals surface area contributed by atoms with E-state index in [-0.39, 0.29) is 30.6 Å². The molecule has 2 aromatic carbocycles. The van der Waals surface area contributed by atoms with E-state index in [0.717, 1.165) is 12.8 Å². The number of likely N-dealkylation sites (tertiary alicyclic amines) is 1. The summed E-state index contributed by atoms with van der Waals surface area (Å²) in [6.07, 6.45) is 1.61. The topological polar surface area (TPSA) is 49.8 Å². The predicted octanol–water partition coefficient (Wildman–Crippen LogP) is 4.03. The Hall–Kier alpha value is -2.33. The van der Waals surface area contributed by atoms with Crippen molar-refractivity contribution in [3.05, 3.63) is 59.7 Å². The molecule has 1 saturated heterocycles. The Labute approximate surface area is 154 Å². The zero-order chi connectivity index (χ0) is 18.1. The van der Waals surface area contributed by atoms with Crippen LogP contribution in [-0.4, -0.2) is 41.9 Å². The van der Waals surface area contributed by atoms with Crippen LogP contribution in [0.5, 0.6) is 0 Å². The van der Waals surface area contributed by atoms with Gasteiger partial charge in [0.1, 0.15) is 6.61 Å². The molecule has 4 heteroatoms. The highest BCUT2D eigenvalue weighted by atomic mass is 16.6. The van der Waals surface area contributed by atoms with Crippen molar-refractivity contribution >= 4 is 6.09 Å². The van der Waals surface area contributed by atoms with Crippen LogP contribution in [0, 0.1) is 5.92 Å². The summed E-state index contributed by atoms with van der Waals surface area (Å²) in [5, 5.41) is 9.42. The molecule has 0 aromatic heterocycles. The van der Waals surface area contributed by atoms with Crippen molar-refractivity contribution in [2.75, 3.05) is 19.8 Å². The molecule has 136 valence electrons. The van der Waals surface area contributed by atoms with Crippen molar-refractivity contribution in [2.45, 2.75) is 31.7 Å². The summed E-state index contributed by atoms with van der Waals surface area (Å²) in [5.74, 6) is 0.242. The van der Waals surface area contributed by atoms with Gasteiger partial charge in [-0.2, -0.15) is 0 Å². The highest BCUT2D eigenvalue weighted by Crippen LogP contribution is 2.44. The first-order chi connectivity index (χ1) is 12.7. The maximum absolute atomic E-state index is 12.7. The lowest BCUT2D eigenvalue weighted by atomic mass is 9.94. The van der Waals surface area contributed by atoms with Crippen LogP contribution in [-0.2, 0) is 4.74 Å². The molecule has 1 aliphatic carbocycles. The third-order valence-electron chi connectivity index (χ3n) is 5.81. The molecular formula is C22H25NO3. The first kappa shape index (κ1) is 17.1. The molecule has 0 bridgehead atoms. The van der Waals surface area contributed by atoms with Crippen LogP contribution in [0.4, 0.5) is 4.79 Å². The van der Waals surface area contributed by atoms with Crippen LogP contribution in [0.25, 0.3) is 11.1 Å². The third kappa shape index (κ3) is 2.99. The lowest BCUT2D eigenvalue weighted by Gasteiger charge is -2.36. The lowest BCUT2D eigenvalue weighted by Crippen LogP contribution is -2.46. The van der Waals surface area contributed by atoms with E-state index in [1.165, 1.54) is 22.3 Å². The summed E-state index contributed by atoms with van der Waals surface area (Å²) < 4.78 is 5.75. The molecule has 1 amide bonds. The minimum Gasteiger partial charge on any atom is -0.448 e. The third-order valence-corrected chi connectivity index (χ3v) is 5.81. The van der Waals surface area contributed by atoms with E-state index >= 15 is 0 Å². The van der Waals surface area contributed by atoms with Crippen LogP contribution in [0.1, 0.15) is 36.8 Å². The Morgan fingerprint density at radius 3 is 2.31 bits per heavy atom. The predicted molar refractivity (Wildman–Crippen MR) is 101 cm³/mol. The van der Waals surface area contributed by atoms with Crippen molar-refractivity contribution in [2.24, 2.45) is 5.92 Å². The van der Waals surface area contributed by atoms with Crippen LogP contribution >= 0.6 is 0 Å². The van der Waals surface area contributed by atoms with E-state index < -0.39 is 0 Å². The van der Waals surface area contributed by atoms with E-state index in [0.29, 0.717) is 13.2 Å². The Morgan fingerprint density at radius 2 is 1.69 bits per heavy atom. The molecule has 2 unspecified atom stereocenters. The fraction of sp³-hybridized carbons (Fsp3) is 0.409. The molecule has 1 fully saturated rings. The van der Waals surface area contributed by atoms with Crippen molar-refractivity contribution in [1.29, 1.82) is 0 Å². The molecule has 0 radical (unpaired) electrons. The van der Waals surface area contributed by atoms with Crippen LogP contribution < -0.4 is 0 Å². The summed E-state index contributed by atoms with van der Waals surface area (Å²) in [5.41, 5.74) is 4.91. The van der Waals surface area contributed by atoms with Gasteiger partial charge in [-0.25, -0.2) is 4.79 Å². The average Bonchev–Trinajstić information content (AvgIpc) is 3.00. The number of carbonyl (C=O) groups is 1.